The molecule has 11 heteroatoms. The van der Waals surface area contributed by atoms with Crippen molar-refractivity contribution in [3.63, 3.8) is 0 Å². The van der Waals surface area contributed by atoms with Gasteiger partial charge in [0.1, 0.15) is 5.92 Å². The molecule has 10 nitrogen and oxygen atoms in total. The van der Waals surface area contributed by atoms with Crippen molar-refractivity contribution in [1.82, 2.24) is 9.97 Å². The fraction of sp³-hybridized carbons (Fsp3) is 0.600. The first-order valence-electron chi connectivity index (χ1n) is 24.6. The zero-order chi connectivity index (χ0) is 47.3. The third kappa shape index (κ3) is 11.8. The summed E-state index contributed by atoms with van der Waals surface area (Å²) in [5, 5.41) is 10.2. The van der Waals surface area contributed by atoms with E-state index in [2.05, 4.69) is 41.5 Å². The second-order valence-electron chi connectivity index (χ2n) is 20.2. The zero-order valence-electron chi connectivity index (χ0n) is 42.1. The average molecular weight is 912 g/mol. The number of rotatable bonds is 20. The first-order chi connectivity index (χ1) is 30.9. The Bertz CT molecular complexity index is 2280. The molecule has 3 aliphatic heterocycles. The van der Waals surface area contributed by atoms with Gasteiger partial charge in [0, 0.05) is 17.5 Å². The largest absolute Gasteiger partial charge is 2.00 e. The number of hydrogen-bond donors (Lipinski definition) is 0. The number of nitrogens with zero attached hydrogens (tertiary/aromatic N) is 4. The number of ether oxygens (including phenoxy) is 2. The van der Waals surface area contributed by atoms with Crippen LogP contribution in [0.4, 0.5) is 0 Å². The Labute approximate surface area is 411 Å². The number of hydrogen-bond acceptors (Lipinski definition) is 6. The minimum atomic E-state index is -1.25. The van der Waals surface area contributed by atoms with Gasteiger partial charge in [-0.1, -0.05) is 153 Å². The predicted octanol–water partition coefficient (Wildman–Crippen LogP) is 12.9. The van der Waals surface area contributed by atoms with Crippen molar-refractivity contribution < 1.29 is 28.7 Å². The van der Waals surface area contributed by atoms with Crippen LogP contribution in [0.3, 0.4) is 0 Å². The van der Waals surface area contributed by atoms with Crippen molar-refractivity contribution in [3.05, 3.63) is 90.1 Å². The minimum absolute atomic E-state index is 0. The molecular formula is C55H74MgN4O6-2. The number of methoxy groups -OCH3 is 1. The quantitative estimate of drug-likeness (QED) is 0.0553. The van der Waals surface area contributed by atoms with Crippen molar-refractivity contribution in [2.45, 2.75) is 153 Å². The molecule has 0 aromatic carbocycles. The minimum Gasteiger partial charge on any atom is -0.664 e. The number of Topliss-reactive ketones (excluding diaryl/α,β-unsaturated/α-hetero) is 2. The van der Waals surface area contributed by atoms with Crippen LogP contribution in [0.15, 0.2) is 34.4 Å². The molecule has 1 aliphatic carbocycles. The Morgan fingerprint density at radius 1 is 0.773 bits per heavy atom. The van der Waals surface area contributed by atoms with Crippen molar-refractivity contribution in [2.75, 3.05) is 13.7 Å². The van der Waals surface area contributed by atoms with Crippen molar-refractivity contribution >= 4 is 70.4 Å². The van der Waals surface area contributed by atoms with Crippen LogP contribution in [0.1, 0.15) is 194 Å². The van der Waals surface area contributed by atoms with E-state index in [1.54, 1.807) is 6.92 Å². The SMILES string of the molecule is C/C=C1/C2=C/c3[n-]c4c(c3C)C(=O)[C@H](C(=O)OC)/C4=C3/[N-]/C(=C\c4[n-]c(c(C(C)=O)c4C)/C=C(\[N-]2)[C@@H]1C)[C@@H](C)[C@@H]3CCC(=O)OCCC(C)CCC[C@H](C)CCC[C@H](C)CCCC(C)C.[Mg+2]. The number of allylic oxidation sites excluding steroid dienone is 5. The molecule has 0 N–H and O–H groups in total. The molecule has 7 atom stereocenters. The zero-order valence-corrected chi connectivity index (χ0v) is 43.5. The van der Waals surface area contributed by atoms with E-state index in [4.69, 9.17) is 30.1 Å². The number of carbonyl (C=O) groups excluding carboxylic acids is 4. The summed E-state index contributed by atoms with van der Waals surface area (Å²) in [6.45, 7) is 23.4. The smallest absolute Gasteiger partial charge is 0.664 e. The van der Waals surface area contributed by atoms with Gasteiger partial charge >= 0.3 is 35.0 Å². The van der Waals surface area contributed by atoms with Crippen molar-refractivity contribution in [3.8, 4) is 0 Å². The molecule has 354 valence electrons. The summed E-state index contributed by atoms with van der Waals surface area (Å²) in [6.07, 6.45) is 20.5. The van der Waals surface area contributed by atoms with E-state index in [1.807, 2.05) is 52.0 Å². The van der Waals surface area contributed by atoms with Crippen LogP contribution < -0.4 is 9.97 Å². The molecular weight excluding hydrogens is 837 g/mol. The summed E-state index contributed by atoms with van der Waals surface area (Å²) < 4.78 is 11.1. The maximum atomic E-state index is 14.4. The predicted molar refractivity (Wildman–Crippen MR) is 266 cm³/mol. The fourth-order valence-electron chi connectivity index (χ4n) is 10.5. The van der Waals surface area contributed by atoms with E-state index in [-0.39, 0.29) is 64.8 Å². The van der Waals surface area contributed by atoms with Crippen molar-refractivity contribution in [2.24, 2.45) is 47.3 Å². The second-order valence-corrected chi connectivity index (χ2v) is 20.2. The summed E-state index contributed by atoms with van der Waals surface area (Å²) in [6, 6.07) is 0. The third-order valence-electron chi connectivity index (χ3n) is 14.7. The molecule has 8 bridgehead atoms. The van der Waals surface area contributed by atoms with E-state index in [0.29, 0.717) is 81.1 Å². The van der Waals surface area contributed by atoms with Gasteiger partial charge in [0.2, 0.25) is 0 Å². The van der Waals surface area contributed by atoms with Crippen LogP contribution >= 0.6 is 0 Å². The Balaban J connectivity index is 0.00000817. The number of fused-ring (bicyclic) bond motifs is 7. The van der Waals surface area contributed by atoms with Crippen LogP contribution in [0.5, 0.6) is 0 Å². The monoisotopic (exact) mass is 911 g/mol. The molecule has 2 aromatic heterocycles. The number of aromatic nitrogens is 2. The molecule has 5 heterocycles. The molecule has 0 radical (unpaired) electrons. The van der Waals surface area contributed by atoms with Crippen LogP contribution in [0.2, 0.25) is 0 Å². The van der Waals surface area contributed by atoms with Gasteiger partial charge in [-0.3, -0.25) is 19.2 Å². The van der Waals surface area contributed by atoms with Crippen LogP contribution in [0, 0.1) is 61.2 Å². The average Bonchev–Trinajstić information content (AvgIpc) is 4.00. The van der Waals surface area contributed by atoms with Gasteiger partial charge in [0.05, 0.1) is 13.7 Å². The molecule has 2 fully saturated rings. The van der Waals surface area contributed by atoms with E-state index in [9.17, 15) is 19.2 Å². The topological polar surface area (TPSA) is 143 Å². The van der Waals surface area contributed by atoms with Gasteiger partial charge in [-0.15, -0.1) is 28.5 Å². The van der Waals surface area contributed by atoms with Crippen LogP contribution in [-0.2, 0) is 19.1 Å². The van der Waals surface area contributed by atoms with Gasteiger partial charge in [0.15, 0.2) is 11.6 Å². The summed E-state index contributed by atoms with van der Waals surface area (Å²) >= 11 is 0. The summed E-state index contributed by atoms with van der Waals surface area (Å²) in [7, 11) is 1.28. The van der Waals surface area contributed by atoms with Gasteiger partial charge in [0.25, 0.3) is 0 Å². The van der Waals surface area contributed by atoms with Gasteiger partial charge < -0.3 is 30.1 Å². The standard InChI is InChI=1S/C55H76N4O6.Mg/c1-13-39-34(7)41-29-46-48(38(11)60)36(9)43(57-46)27-42-35(8)40(52(58-42)50-51(55(63)64-12)54(62)49-37(10)44(59-53(49)50)28-45(39)56-41)23-24-47(61)65-26-25-33(6)22-16-21-32(5)20-15-19-31(4)18-14-17-30(2)3;/h13,27-35,40,51H,14-26H2,1-12H3,(H2-2,56,57,58,59,60,62);/q-2;+2/p-2/b39-13+,42-27-,45-28-;/t31-,32-,33?,34-,35+,40+,51-;/m1./s1. The number of esters is 2. The summed E-state index contributed by atoms with van der Waals surface area (Å²) in [4.78, 5) is 64.7. The Morgan fingerprint density at radius 3 is 1.95 bits per heavy atom. The van der Waals surface area contributed by atoms with E-state index in [1.165, 1.54) is 58.5 Å². The van der Waals surface area contributed by atoms with Crippen molar-refractivity contribution in [1.29, 1.82) is 0 Å². The van der Waals surface area contributed by atoms with E-state index in [0.717, 1.165) is 47.4 Å². The van der Waals surface area contributed by atoms with Gasteiger partial charge in [-0.2, -0.15) is 17.1 Å². The first kappa shape index (κ1) is 52.9. The molecule has 0 spiro atoms. The van der Waals surface area contributed by atoms with Crippen LogP contribution in [-0.4, -0.2) is 60.3 Å². The molecule has 6 rings (SSSR count). The first-order valence-corrected chi connectivity index (χ1v) is 24.6. The Kier molecular flexibility index (Phi) is 18.6. The molecule has 0 amide bonds. The maximum Gasteiger partial charge on any atom is 2.00 e. The summed E-state index contributed by atoms with van der Waals surface area (Å²) in [5.74, 6) is -0.573. The molecule has 2 aromatic rings. The Morgan fingerprint density at radius 2 is 1.36 bits per heavy atom. The van der Waals surface area contributed by atoms with Gasteiger partial charge in [-0.05, 0) is 82.0 Å². The number of carbonyl (C=O) groups is 4. The molecule has 66 heavy (non-hydrogen) atoms. The second kappa shape index (κ2) is 23.3. The summed E-state index contributed by atoms with van der Waals surface area (Å²) in [5.41, 5.74) is 8.53. The molecule has 4 aliphatic rings. The number of ketones is 2. The van der Waals surface area contributed by atoms with E-state index < -0.39 is 11.9 Å². The van der Waals surface area contributed by atoms with E-state index >= 15 is 0 Å². The Hall–Kier alpha value is -4.09. The van der Waals surface area contributed by atoms with Crippen LogP contribution in [0.25, 0.3) is 34.4 Å². The fourth-order valence-corrected chi connectivity index (χ4v) is 10.5. The third-order valence-corrected chi connectivity index (χ3v) is 14.7. The molecule has 2 saturated heterocycles. The molecule has 0 saturated carbocycles. The molecule has 1 unspecified atom stereocenters. The normalized spacial score (nSPS) is 25.2. The van der Waals surface area contributed by atoms with Gasteiger partial charge in [-0.25, -0.2) is 0 Å². The maximum absolute atomic E-state index is 14.4.